The van der Waals surface area contributed by atoms with Gasteiger partial charge in [-0.25, -0.2) is 8.42 Å². The van der Waals surface area contributed by atoms with Gasteiger partial charge in [-0.3, -0.25) is 4.79 Å². The summed E-state index contributed by atoms with van der Waals surface area (Å²) < 4.78 is 27.3. The highest BCUT2D eigenvalue weighted by Crippen LogP contribution is 2.19. The molecule has 0 atom stereocenters. The zero-order valence-electron chi connectivity index (χ0n) is 16.7. The molecule has 1 fully saturated rings. The van der Waals surface area contributed by atoms with Crippen molar-refractivity contribution < 1.29 is 18.1 Å². The number of aryl methyl sites for hydroxylation is 2. The van der Waals surface area contributed by atoms with Crippen molar-refractivity contribution in [2.75, 3.05) is 32.7 Å². The highest BCUT2D eigenvalue weighted by Gasteiger charge is 2.31. The Morgan fingerprint density at radius 3 is 2.34 bits per heavy atom. The van der Waals surface area contributed by atoms with Gasteiger partial charge in [-0.15, -0.1) is 0 Å². The minimum atomic E-state index is -3.49. The van der Waals surface area contributed by atoms with Crippen LogP contribution in [0.4, 0.5) is 0 Å². The maximum absolute atomic E-state index is 12.9. The first-order valence-corrected chi connectivity index (χ1v) is 11.5. The van der Waals surface area contributed by atoms with Crippen LogP contribution in [-0.2, 0) is 21.4 Å². The first-order valence-electron chi connectivity index (χ1n) is 9.68. The molecule has 1 saturated heterocycles. The van der Waals surface area contributed by atoms with Gasteiger partial charge < -0.3 is 10.2 Å². The summed E-state index contributed by atoms with van der Waals surface area (Å²) in [5.74, 6) is -0.0413. The van der Waals surface area contributed by atoms with E-state index in [1.165, 1.54) is 4.31 Å². The Kier molecular flexibility index (Phi) is 6.95. The van der Waals surface area contributed by atoms with Crippen molar-refractivity contribution in [1.29, 1.82) is 0 Å². The molecule has 0 aromatic heterocycles. The van der Waals surface area contributed by atoms with Crippen LogP contribution in [0.3, 0.4) is 0 Å². The molecule has 0 radical (unpaired) electrons. The molecule has 0 unspecified atom stereocenters. The van der Waals surface area contributed by atoms with E-state index in [0.29, 0.717) is 49.2 Å². The lowest BCUT2D eigenvalue weighted by molar-refractivity contribution is -0.895. The van der Waals surface area contributed by atoms with Gasteiger partial charge >= 0.3 is 0 Å². The summed E-state index contributed by atoms with van der Waals surface area (Å²) >= 11 is 5.86. The molecule has 0 spiro atoms. The second kappa shape index (κ2) is 9.26. The standard InChI is InChI=1S/C21H26ClN3O3S/c1-16-3-8-20(13-17(16)2)29(27,28)25-11-9-24(10-12-25)15-21(26)23-14-18-4-6-19(22)7-5-18/h3-8,13H,9-12,14-15H2,1-2H3,(H,23,26)/p+1. The summed E-state index contributed by atoms with van der Waals surface area (Å²) in [7, 11) is -3.49. The lowest BCUT2D eigenvalue weighted by Crippen LogP contribution is -3.15. The number of hydrogen-bond acceptors (Lipinski definition) is 3. The van der Waals surface area contributed by atoms with Gasteiger partial charge in [-0.05, 0) is 54.8 Å². The van der Waals surface area contributed by atoms with E-state index in [0.717, 1.165) is 21.6 Å². The van der Waals surface area contributed by atoms with E-state index in [4.69, 9.17) is 11.6 Å². The molecule has 1 amide bonds. The molecule has 1 heterocycles. The topological polar surface area (TPSA) is 70.9 Å². The summed E-state index contributed by atoms with van der Waals surface area (Å²) in [6, 6.07) is 12.6. The number of rotatable bonds is 6. The summed E-state index contributed by atoms with van der Waals surface area (Å²) in [5, 5.41) is 3.57. The maximum Gasteiger partial charge on any atom is 0.275 e. The third-order valence-electron chi connectivity index (χ3n) is 5.36. The second-order valence-corrected chi connectivity index (χ2v) is 9.85. The van der Waals surface area contributed by atoms with E-state index in [1.807, 2.05) is 32.0 Å². The Morgan fingerprint density at radius 1 is 1.07 bits per heavy atom. The van der Waals surface area contributed by atoms with Gasteiger partial charge in [0.05, 0.1) is 31.1 Å². The van der Waals surface area contributed by atoms with Gasteiger partial charge in [0.15, 0.2) is 6.54 Å². The Morgan fingerprint density at radius 2 is 1.72 bits per heavy atom. The van der Waals surface area contributed by atoms with Crippen LogP contribution in [0.2, 0.25) is 5.02 Å². The van der Waals surface area contributed by atoms with Crippen molar-refractivity contribution in [2.45, 2.75) is 25.3 Å². The molecule has 29 heavy (non-hydrogen) atoms. The van der Waals surface area contributed by atoms with Crippen LogP contribution in [0.5, 0.6) is 0 Å². The van der Waals surface area contributed by atoms with Crippen molar-refractivity contribution in [3.05, 3.63) is 64.2 Å². The zero-order chi connectivity index (χ0) is 21.0. The minimum Gasteiger partial charge on any atom is -0.347 e. The zero-order valence-corrected chi connectivity index (χ0v) is 18.3. The quantitative estimate of drug-likeness (QED) is 0.714. The van der Waals surface area contributed by atoms with Gasteiger partial charge in [-0.1, -0.05) is 29.8 Å². The number of nitrogens with one attached hydrogen (secondary N) is 2. The Balaban J connectivity index is 1.50. The molecule has 0 aliphatic carbocycles. The highest BCUT2D eigenvalue weighted by molar-refractivity contribution is 7.89. The number of amides is 1. The predicted octanol–water partition coefficient (Wildman–Crippen LogP) is 1.16. The number of benzene rings is 2. The van der Waals surface area contributed by atoms with Gasteiger partial charge in [-0.2, -0.15) is 4.31 Å². The molecule has 2 aromatic carbocycles. The number of sulfonamides is 1. The van der Waals surface area contributed by atoms with Crippen LogP contribution in [0, 0.1) is 13.8 Å². The fraction of sp³-hybridized carbons (Fsp3) is 0.381. The molecule has 0 saturated carbocycles. The van der Waals surface area contributed by atoms with Gasteiger partial charge in [0.25, 0.3) is 5.91 Å². The number of quaternary nitrogens is 1. The molecular weight excluding hydrogens is 410 g/mol. The summed E-state index contributed by atoms with van der Waals surface area (Å²) in [5.41, 5.74) is 3.03. The number of carbonyl (C=O) groups excluding carboxylic acids is 1. The molecule has 156 valence electrons. The van der Waals surface area contributed by atoms with E-state index in [-0.39, 0.29) is 5.91 Å². The molecule has 8 heteroatoms. The van der Waals surface area contributed by atoms with Crippen LogP contribution >= 0.6 is 11.6 Å². The van der Waals surface area contributed by atoms with E-state index in [2.05, 4.69) is 5.32 Å². The van der Waals surface area contributed by atoms with Crippen LogP contribution in [0.1, 0.15) is 16.7 Å². The second-order valence-electron chi connectivity index (χ2n) is 7.48. The van der Waals surface area contributed by atoms with E-state index < -0.39 is 10.0 Å². The average Bonchev–Trinajstić information content (AvgIpc) is 2.70. The number of hydrogen-bond donors (Lipinski definition) is 2. The number of halogens is 1. The Bertz CT molecular complexity index is 969. The Hall–Kier alpha value is -1.93. The van der Waals surface area contributed by atoms with Gasteiger partial charge in [0.1, 0.15) is 0 Å². The number of nitrogens with zero attached hydrogens (tertiary/aromatic N) is 1. The minimum absolute atomic E-state index is 0.0413. The normalized spacial score (nSPS) is 16.0. The third kappa shape index (κ3) is 5.57. The van der Waals surface area contributed by atoms with Crippen LogP contribution in [-0.4, -0.2) is 51.4 Å². The molecule has 1 aliphatic heterocycles. The molecule has 3 rings (SSSR count). The molecule has 1 aliphatic rings. The van der Waals surface area contributed by atoms with Crippen molar-refractivity contribution in [1.82, 2.24) is 9.62 Å². The van der Waals surface area contributed by atoms with Gasteiger partial charge in [0, 0.05) is 11.6 Å². The first kappa shape index (κ1) is 21.8. The smallest absolute Gasteiger partial charge is 0.275 e. The van der Waals surface area contributed by atoms with Crippen molar-refractivity contribution in [3.8, 4) is 0 Å². The SMILES string of the molecule is Cc1ccc(S(=O)(=O)N2CC[NH+](CC(=O)NCc3ccc(Cl)cc3)CC2)cc1C. The van der Waals surface area contributed by atoms with Crippen LogP contribution in [0.15, 0.2) is 47.4 Å². The lowest BCUT2D eigenvalue weighted by Gasteiger charge is -2.31. The largest absolute Gasteiger partial charge is 0.347 e. The van der Waals surface area contributed by atoms with Crippen molar-refractivity contribution >= 4 is 27.5 Å². The highest BCUT2D eigenvalue weighted by atomic mass is 35.5. The molecular formula is C21H27ClN3O3S+. The number of piperazine rings is 1. The van der Waals surface area contributed by atoms with E-state index in [9.17, 15) is 13.2 Å². The fourth-order valence-electron chi connectivity index (χ4n) is 3.34. The lowest BCUT2D eigenvalue weighted by atomic mass is 10.1. The van der Waals surface area contributed by atoms with Crippen LogP contribution < -0.4 is 10.2 Å². The summed E-state index contributed by atoms with van der Waals surface area (Å²) in [4.78, 5) is 13.7. The summed E-state index contributed by atoms with van der Waals surface area (Å²) in [6.45, 7) is 6.72. The Labute approximate surface area is 177 Å². The third-order valence-corrected chi connectivity index (χ3v) is 7.51. The van der Waals surface area contributed by atoms with Crippen molar-refractivity contribution in [2.24, 2.45) is 0 Å². The first-order chi connectivity index (χ1) is 13.8. The predicted molar refractivity (Wildman–Crippen MR) is 114 cm³/mol. The molecule has 2 aromatic rings. The van der Waals surface area contributed by atoms with Gasteiger partial charge in [0.2, 0.25) is 10.0 Å². The molecule has 0 bridgehead atoms. The van der Waals surface area contributed by atoms with E-state index >= 15 is 0 Å². The summed E-state index contributed by atoms with van der Waals surface area (Å²) in [6.07, 6.45) is 0. The number of carbonyl (C=O) groups is 1. The average molecular weight is 437 g/mol. The van der Waals surface area contributed by atoms with Crippen LogP contribution in [0.25, 0.3) is 0 Å². The maximum atomic E-state index is 12.9. The molecule has 2 N–H and O–H groups in total. The van der Waals surface area contributed by atoms with Crippen molar-refractivity contribution in [3.63, 3.8) is 0 Å². The molecule has 6 nitrogen and oxygen atoms in total. The monoisotopic (exact) mass is 436 g/mol. The fourth-order valence-corrected chi connectivity index (χ4v) is 4.99. The van der Waals surface area contributed by atoms with E-state index in [1.54, 1.807) is 24.3 Å².